The molecular weight excluding hydrogens is 234 g/mol. The minimum absolute atomic E-state index is 0.0267. The number of urea groups is 1. The normalized spacial score (nSPS) is 18.2. The average Bonchev–Trinajstić information content (AvgIpc) is 2.34. The molecule has 0 aliphatic carbocycles. The molecule has 0 radical (unpaired) electrons. The van der Waals surface area contributed by atoms with Gasteiger partial charge in [0.1, 0.15) is 6.04 Å². The first-order chi connectivity index (χ1) is 8.52. The van der Waals surface area contributed by atoms with Gasteiger partial charge in [0.2, 0.25) is 5.91 Å². The van der Waals surface area contributed by atoms with Crippen molar-refractivity contribution in [1.82, 2.24) is 4.90 Å². The molecule has 0 aromatic heterocycles. The van der Waals surface area contributed by atoms with E-state index in [1.165, 1.54) is 4.90 Å². The van der Waals surface area contributed by atoms with Crippen LogP contribution in [0.25, 0.3) is 0 Å². The van der Waals surface area contributed by atoms with Crippen LogP contribution < -0.4 is 10.6 Å². The summed E-state index contributed by atoms with van der Waals surface area (Å²) in [5.74, 6) is -0.734. The average molecular weight is 247 g/mol. The lowest BCUT2D eigenvalue weighted by Gasteiger charge is -2.37. The van der Waals surface area contributed by atoms with Gasteiger partial charge in [0.15, 0.2) is 0 Å². The van der Waals surface area contributed by atoms with Crippen molar-refractivity contribution in [2.75, 3.05) is 11.9 Å². The number of nitrogens with two attached hydrogens (primary N) is 1. The number of likely N-dealkylation sites (N-methyl/N-ethyl adjacent to an activating group) is 1. The van der Waals surface area contributed by atoms with Crippen LogP contribution in [0.2, 0.25) is 0 Å². The minimum atomic E-state index is -0.883. The molecule has 1 atom stereocenters. The fraction of sp³-hybridized carbons (Fsp3) is 0.250. The summed E-state index contributed by atoms with van der Waals surface area (Å²) in [6.07, 6.45) is 0.0267. The molecule has 0 saturated carbocycles. The Bertz CT molecular complexity index is 493. The van der Waals surface area contributed by atoms with Crippen molar-refractivity contribution in [2.24, 2.45) is 5.73 Å². The number of hydrogen-bond acceptors (Lipinski definition) is 3. The zero-order valence-electron chi connectivity index (χ0n) is 9.87. The molecule has 1 heterocycles. The van der Waals surface area contributed by atoms with Crippen molar-refractivity contribution < 1.29 is 14.4 Å². The monoisotopic (exact) mass is 247 g/mol. The second-order valence-electron chi connectivity index (χ2n) is 4.05. The van der Waals surface area contributed by atoms with E-state index < -0.39 is 18.0 Å². The number of rotatable bonds is 2. The maximum Gasteiger partial charge on any atom is 0.322 e. The molecule has 1 aliphatic rings. The lowest BCUT2D eigenvalue weighted by molar-refractivity contribution is -0.147. The molecule has 1 aromatic carbocycles. The highest BCUT2D eigenvalue weighted by molar-refractivity contribution is 6.10. The molecule has 0 bridgehead atoms. The van der Waals surface area contributed by atoms with E-state index in [-0.39, 0.29) is 12.3 Å². The Morgan fingerprint density at radius 2 is 1.94 bits per heavy atom. The van der Waals surface area contributed by atoms with Crippen molar-refractivity contribution >= 4 is 23.5 Å². The van der Waals surface area contributed by atoms with E-state index in [0.29, 0.717) is 5.69 Å². The fourth-order valence-electron chi connectivity index (χ4n) is 1.89. The lowest BCUT2D eigenvalue weighted by Crippen LogP contribution is -2.63. The standard InChI is InChI=1S/C12H13N3O3/c1-14(8-5-3-2-4-6-8)11(17)9-7-10(16)15(9)12(13)18/h2-6,9H,7H2,1H3,(H2,13,18). The fourth-order valence-corrected chi connectivity index (χ4v) is 1.89. The number of amides is 4. The van der Waals surface area contributed by atoms with Crippen molar-refractivity contribution in [3.63, 3.8) is 0 Å². The highest BCUT2D eigenvalue weighted by Crippen LogP contribution is 2.23. The van der Waals surface area contributed by atoms with Gasteiger partial charge in [0, 0.05) is 12.7 Å². The number of hydrogen-bond donors (Lipinski definition) is 1. The Hall–Kier alpha value is -2.37. The van der Waals surface area contributed by atoms with Crippen molar-refractivity contribution in [3.05, 3.63) is 30.3 Å². The third kappa shape index (κ3) is 1.92. The smallest absolute Gasteiger partial charge is 0.322 e. The van der Waals surface area contributed by atoms with Crippen molar-refractivity contribution in [2.45, 2.75) is 12.5 Å². The number of benzene rings is 1. The number of likely N-dealkylation sites (tertiary alicyclic amines) is 1. The van der Waals surface area contributed by atoms with Gasteiger partial charge in [0.05, 0.1) is 6.42 Å². The van der Waals surface area contributed by atoms with E-state index in [9.17, 15) is 14.4 Å². The van der Waals surface area contributed by atoms with Gasteiger partial charge in [-0.05, 0) is 12.1 Å². The number of carbonyl (C=O) groups excluding carboxylic acids is 3. The maximum atomic E-state index is 12.1. The molecule has 6 nitrogen and oxygen atoms in total. The number of carbonyl (C=O) groups is 3. The summed E-state index contributed by atoms with van der Waals surface area (Å²) in [5, 5.41) is 0. The Morgan fingerprint density at radius 1 is 1.33 bits per heavy atom. The van der Waals surface area contributed by atoms with Crippen LogP contribution in [0.4, 0.5) is 10.5 Å². The zero-order chi connectivity index (χ0) is 13.3. The molecule has 94 valence electrons. The van der Waals surface area contributed by atoms with Gasteiger partial charge in [-0.3, -0.25) is 14.5 Å². The third-order valence-electron chi connectivity index (χ3n) is 2.94. The maximum absolute atomic E-state index is 12.1. The Balaban J connectivity index is 2.13. The number of nitrogens with zero attached hydrogens (tertiary/aromatic N) is 2. The molecule has 2 rings (SSSR count). The molecule has 1 aliphatic heterocycles. The largest absolute Gasteiger partial charge is 0.351 e. The van der Waals surface area contributed by atoms with Crippen LogP contribution in [0, 0.1) is 0 Å². The van der Waals surface area contributed by atoms with Crippen molar-refractivity contribution in [1.29, 1.82) is 0 Å². The molecule has 18 heavy (non-hydrogen) atoms. The molecule has 2 N–H and O–H groups in total. The summed E-state index contributed by atoms with van der Waals surface area (Å²) >= 11 is 0. The quantitative estimate of drug-likeness (QED) is 0.764. The summed E-state index contributed by atoms with van der Waals surface area (Å²) < 4.78 is 0. The van der Waals surface area contributed by atoms with Gasteiger partial charge in [-0.25, -0.2) is 4.79 Å². The van der Waals surface area contributed by atoms with Crippen LogP contribution in [0.15, 0.2) is 30.3 Å². The van der Waals surface area contributed by atoms with E-state index in [1.54, 1.807) is 31.3 Å². The summed E-state index contributed by atoms with van der Waals surface area (Å²) in [6.45, 7) is 0. The van der Waals surface area contributed by atoms with Crippen LogP contribution in [-0.2, 0) is 9.59 Å². The predicted octanol–water partition coefficient (Wildman–Crippen LogP) is 0.329. The lowest BCUT2D eigenvalue weighted by atomic mass is 10.0. The molecular formula is C12H13N3O3. The van der Waals surface area contributed by atoms with E-state index in [1.807, 2.05) is 6.07 Å². The van der Waals surface area contributed by atoms with Crippen LogP contribution in [0.1, 0.15) is 6.42 Å². The summed E-state index contributed by atoms with van der Waals surface area (Å²) in [7, 11) is 1.60. The van der Waals surface area contributed by atoms with E-state index in [4.69, 9.17) is 5.73 Å². The third-order valence-corrected chi connectivity index (χ3v) is 2.94. The zero-order valence-corrected chi connectivity index (χ0v) is 9.87. The number of para-hydroxylation sites is 1. The first kappa shape index (κ1) is 12.1. The topological polar surface area (TPSA) is 83.7 Å². The van der Waals surface area contributed by atoms with Gasteiger partial charge in [0.25, 0.3) is 5.91 Å². The molecule has 6 heteroatoms. The summed E-state index contributed by atoms with van der Waals surface area (Å²) in [6, 6.07) is 7.32. The molecule has 1 aromatic rings. The Labute approximate surface area is 104 Å². The first-order valence-electron chi connectivity index (χ1n) is 5.46. The molecule has 1 unspecified atom stereocenters. The van der Waals surface area contributed by atoms with Crippen LogP contribution >= 0.6 is 0 Å². The number of imide groups is 1. The van der Waals surface area contributed by atoms with Crippen LogP contribution in [0.3, 0.4) is 0 Å². The molecule has 4 amide bonds. The van der Waals surface area contributed by atoms with Gasteiger partial charge in [-0.1, -0.05) is 18.2 Å². The number of anilines is 1. The van der Waals surface area contributed by atoms with Gasteiger partial charge < -0.3 is 10.6 Å². The Morgan fingerprint density at radius 3 is 2.44 bits per heavy atom. The second-order valence-corrected chi connectivity index (χ2v) is 4.05. The minimum Gasteiger partial charge on any atom is -0.351 e. The highest BCUT2D eigenvalue weighted by Gasteiger charge is 2.45. The van der Waals surface area contributed by atoms with Gasteiger partial charge in [-0.15, -0.1) is 0 Å². The van der Waals surface area contributed by atoms with Crippen molar-refractivity contribution in [3.8, 4) is 0 Å². The summed E-state index contributed by atoms with van der Waals surface area (Å²) in [4.78, 5) is 36.5. The van der Waals surface area contributed by atoms with Crippen LogP contribution in [0.5, 0.6) is 0 Å². The Kier molecular flexibility index (Phi) is 3.01. The summed E-state index contributed by atoms with van der Waals surface area (Å²) in [5.41, 5.74) is 5.75. The second kappa shape index (κ2) is 4.48. The molecule has 1 saturated heterocycles. The van der Waals surface area contributed by atoms with Gasteiger partial charge >= 0.3 is 6.03 Å². The van der Waals surface area contributed by atoms with Crippen LogP contribution in [-0.4, -0.2) is 35.8 Å². The van der Waals surface area contributed by atoms with E-state index in [2.05, 4.69) is 0 Å². The number of β-lactam (4-membered cyclic amide) rings is 1. The van der Waals surface area contributed by atoms with E-state index >= 15 is 0 Å². The SMILES string of the molecule is CN(C(=O)C1CC(=O)N1C(N)=O)c1ccccc1. The van der Waals surface area contributed by atoms with E-state index in [0.717, 1.165) is 4.90 Å². The molecule has 1 fully saturated rings. The first-order valence-corrected chi connectivity index (χ1v) is 5.46. The predicted molar refractivity (Wildman–Crippen MR) is 64.7 cm³/mol. The highest BCUT2D eigenvalue weighted by atomic mass is 16.2. The van der Waals surface area contributed by atoms with Gasteiger partial charge in [-0.2, -0.15) is 0 Å². The number of primary amides is 1. The molecule has 0 spiro atoms.